The monoisotopic (exact) mass is 267 g/mol. The van der Waals surface area contributed by atoms with E-state index < -0.39 is 0 Å². The number of amides is 1. The second-order valence-electron chi connectivity index (χ2n) is 6.57. The van der Waals surface area contributed by atoms with E-state index in [0.717, 1.165) is 51.6 Å². The van der Waals surface area contributed by atoms with E-state index in [-0.39, 0.29) is 11.3 Å². The number of nitrogens with one attached hydrogen (secondary N) is 1. The molecule has 1 amide bonds. The Balaban J connectivity index is 1.83. The minimum absolute atomic E-state index is 0.218. The number of piperidine rings is 1. The molecule has 4 heteroatoms. The van der Waals surface area contributed by atoms with Crippen molar-refractivity contribution in [2.24, 2.45) is 11.1 Å². The third kappa shape index (κ3) is 3.29. The number of hydrogen-bond donors (Lipinski definition) is 2. The van der Waals surface area contributed by atoms with Gasteiger partial charge in [0.05, 0.1) is 5.41 Å². The van der Waals surface area contributed by atoms with Gasteiger partial charge >= 0.3 is 0 Å². The van der Waals surface area contributed by atoms with Gasteiger partial charge in [0.25, 0.3) is 0 Å². The minimum Gasteiger partial charge on any atom is -0.353 e. The zero-order valence-corrected chi connectivity index (χ0v) is 12.5. The first-order chi connectivity index (χ1) is 9.07. The molecule has 0 radical (unpaired) electrons. The summed E-state index contributed by atoms with van der Waals surface area (Å²) in [6, 6.07) is 0.966. The maximum atomic E-state index is 12.5. The molecule has 1 saturated carbocycles. The molecule has 0 bridgehead atoms. The standard InChI is InChI=1S/C15H29N3O/c1-12(2)18-9-5-13(6-10-18)17-14(19)15(11-16)7-3-4-8-15/h12-13H,3-11,16H2,1-2H3,(H,17,19). The molecule has 0 atom stereocenters. The predicted octanol–water partition coefficient (Wildman–Crippen LogP) is 1.49. The van der Waals surface area contributed by atoms with Crippen LogP contribution >= 0.6 is 0 Å². The molecule has 0 aromatic rings. The van der Waals surface area contributed by atoms with E-state index in [2.05, 4.69) is 24.1 Å². The number of nitrogens with two attached hydrogens (primary N) is 1. The quantitative estimate of drug-likeness (QED) is 0.811. The van der Waals surface area contributed by atoms with E-state index in [9.17, 15) is 4.79 Å². The van der Waals surface area contributed by atoms with Gasteiger partial charge in [-0.05, 0) is 39.5 Å². The lowest BCUT2D eigenvalue weighted by molar-refractivity contribution is -0.131. The summed E-state index contributed by atoms with van der Waals surface area (Å²) in [7, 11) is 0. The maximum Gasteiger partial charge on any atom is 0.227 e. The van der Waals surface area contributed by atoms with Gasteiger partial charge in [-0.3, -0.25) is 4.79 Å². The van der Waals surface area contributed by atoms with E-state index in [1.165, 1.54) is 0 Å². The third-order valence-corrected chi connectivity index (χ3v) is 5.03. The third-order valence-electron chi connectivity index (χ3n) is 5.03. The van der Waals surface area contributed by atoms with Gasteiger partial charge in [0.1, 0.15) is 0 Å². The Bertz CT molecular complexity index is 303. The van der Waals surface area contributed by atoms with Gasteiger partial charge in [-0.25, -0.2) is 0 Å². The van der Waals surface area contributed by atoms with Crippen LogP contribution in [0.15, 0.2) is 0 Å². The van der Waals surface area contributed by atoms with E-state index in [1.54, 1.807) is 0 Å². The highest BCUT2D eigenvalue weighted by atomic mass is 16.2. The van der Waals surface area contributed by atoms with Crippen molar-refractivity contribution in [2.75, 3.05) is 19.6 Å². The van der Waals surface area contributed by atoms with Gasteiger partial charge in [-0.15, -0.1) is 0 Å². The Morgan fingerprint density at radius 3 is 2.37 bits per heavy atom. The van der Waals surface area contributed by atoms with Crippen molar-refractivity contribution in [3.63, 3.8) is 0 Å². The van der Waals surface area contributed by atoms with E-state index >= 15 is 0 Å². The Kier molecular flexibility index (Phi) is 4.85. The Morgan fingerprint density at radius 1 is 1.32 bits per heavy atom. The average Bonchev–Trinajstić information content (AvgIpc) is 2.89. The number of nitrogens with zero attached hydrogens (tertiary/aromatic N) is 1. The van der Waals surface area contributed by atoms with Gasteiger partial charge in [-0.2, -0.15) is 0 Å². The Labute approximate surface area is 117 Å². The van der Waals surface area contributed by atoms with Gasteiger partial charge < -0.3 is 16.0 Å². The number of carbonyl (C=O) groups excluding carboxylic acids is 1. The highest BCUT2D eigenvalue weighted by molar-refractivity contribution is 5.83. The molecule has 0 aromatic heterocycles. The fourth-order valence-electron chi connectivity index (χ4n) is 3.47. The Morgan fingerprint density at radius 2 is 1.89 bits per heavy atom. The maximum absolute atomic E-state index is 12.5. The predicted molar refractivity (Wildman–Crippen MR) is 77.8 cm³/mol. The number of likely N-dealkylation sites (tertiary alicyclic amines) is 1. The fourth-order valence-corrected chi connectivity index (χ4v) is 3.47. The van der Waals surface area contributed by atoms with Gasteiger partial charge in [0.2, 0.25) is 5.91 Å². The first-order valence-corrected chi connectivity index (χ1v) is 7.82. The summed E-state index contributed by atoms with van der Waals surface area (Å²) in [6.45, 7) is 7.17. The van der Waals surface area contributed by atoms with Crippen molar-refractivity contribution in [1.29, 1.82) is 0 Å². The van der Waals surface area contributed by atoms with Crippen LogP contribution in [0.5, 0.6) is 0 Å². The topological polar surface area (TPSA) is 58.4 Å². The van der Waals surface area contributed by atoms with Crippen molar-refractivity contribution in [3.05, 3.63) is 0 Å². The summed E-state index contributed by atoms with van der Waals surface area (Å²) < 4.78 is 0. The van der Waals surface area contributed by atoms with Crippen molar-refractivity contribution < 1.29 is 4.79 Å². The van der Waals surface area contributed by atoms with E-state index in [1.807, 2.05) is 0 Å². The fraction of sp³-hybridized carbons (Fsp3) is 0.933. The summed E-state index contributed by atoms with van der Waals surface area (Å²) >= 11 is 0. The highest BCUT2D eigenvalue weighted by Crippen LogP contribution is 2.37. The number of carbonyl (C=O) groups is 1. The van der Waals surface area contributed by atoms with E-state index in [0.29, 0.717) is 18.6 Å². The normalized spacial score (nSPS) is 24.8. The molecule has 1 aliphatic heterocycles. The van der Waals surface area contributed by atoms with Crippen molar-refractivity contribution in [3.8, 4) is 0 Å². The lowest BCUT2D eigenvalue weighted by atomic mass is 9.84. The van der Waals surface area contributed by atoms with Crippen LogP contribution in [0.2, 0.25) is 0 Å². The number of hydrogen-bond acceptors (Lipinski definition) is 3. The largest absolute Gasteiger partial charge is 0.353 e. The van der Waals surface area contributed by atoms with Crippen LogP contribution in [-0.2, 0) is 4.79 Å². The molecule has 1 heterocycles. The smallest absolute Gasteiger partial charge is 0.227 e. The molecule has 0 unspecified atom stereocenters. The molecule has 1 saturated heterocycles. The summed E-state index contributed by atoms with van der Waals surface area (Å²) in [5.74, 6) is 0.218. The van der Waals surface area contributed by atoms with Crippen LogP contribution < -0.4 is 11.1 Å². The molecule has 2 rings (SSSR count). The van der Waals surface area contributed by atoms with Crippen molar-refractivity contribution >= 4 is 5.91 Å². The minimum atomic E-state index is -0.255. The van der Waals surface area contributed by atoms with Gasteiger partial charge in [0.15, 0.2) is 0 Å². The zero-order chi connectivity index (χ0) is 13.9. The van der Waals surface area contributed by atoms with Crippen molar-refractivity contribution in [2.45, 2.75) is 64.5 Å². The molecule has 2 aliphatic rings. The lowest BCUT2D eigenvalue weighted by Gasteiger charge is -2.36. The van der Waals surface area contributed by atoms with E-state index in [4.69, 9.17) is 5.73 Å². The van der Waals surface area contributed by atoms with Gasteiger partial charge in [0, 0.05) is 31.7 Å². The molecular formula is C15H29N3O. The second kappa shape index (κ2) is 6.23. The lowest BCUT2D eigenvalue weighted by Crippen LogP contribution is -2.51. The van der Waals surface area contributed by atoms with Gasteiger partial charge in [-0.1, -0.05) is 12.8 Å². The van der Waals surface area contributed by atoms with Crippen LogP contribution in [0.25, 0.3) is 0 Å². The first-order valence-electron chi connectivity index (χ1n) is 7.82. The molecule has 1 aliphatic carbocycles. The molecule has 3 N–H and O–H groups in total. The van der Waals surface area contributed by atoms with Crippen LogP contribution in [0.1, 0.15) is 52.4 Å². The summed E-state index contributed by atoms with van der Waals surface area (Å²) in [4.78, 5) is 15.0. The molecule has 0 spiro atoms. The number of rotatable bonds is 4. The van der Waals surface area contributed by atoms with Crippen molar-refractivity contribution in [1.82, 2.24) is 10.2 Å². The molecule has 2 fully saturated rings. The van der Waals surface area contributed by atoms with Crippen LogP contribution in [0.4, 0.5) is 0 Å². The molecular weight excluding hydrogens is 238 g/mol. The molecule has 19 heavy (non-hydrogen) atoms. The summed E-state index contributed by atoms with van der Waals surface area (Å²) in [5, 5.41) is 3.27. The summed E-state index contributed by atoms with van der Waals surface area (Å²) in [6.07, 6.45) is 6.39. The SMILES string of the molecule is CC(C)N1CCC(NC(=O)C2(CN)CCCC2)CC1. The zero-order valence-electron chi connectivity index (χ0n) is 12.5. The first kappa shape index (κ1) is 14.8. The second-order valence-corrected chi connectivity index (χ2v) is 6.57. The van der Waals surface area contributed by atoms with Crippen LogP contribution in [0, 0.1) is 5.41 Å². The molecule has 0 aromatic carbocycles. The molecule has 4 nitrogen and oxygen atoms in total. The highest BCUT2D eigenvalue weighted by Gasteiger charge is 2.40. The van der Waals surface area contributed by atoms with Crippen LogP contribution in [0.3, 0.4) is 0 Å². The molecule has 110 valence electrons. The van der Waals surface area contributed by atoms with Crippen LogP contribution in [-0.4, -0.2) is 42.5 Å². The summed E-state index contributed by atoms with van der Waals surface area (Å²) in [5.41, 5.74) is 5.61. The Hall–Kier alpha value is -0.610. The average molecular weight is 267 g/mol.